The molecule has 2 heterocycles. The van der Waals surface area contributed by atoms with Crippen LogP contribution in [0.4, 0.5) is 5.95 Å². The Morgan fingerprint density at radius 1 is 1.27 bits per heavy atom. The first-order valence-corrected chi connectivity index (χ1v) is 9.78. The highest BCUT2D eigenvalue weighted by atomic mass is 32.2. The monoisotopic (exact) mass is 386 g/mol. The normalized spacial score (nSPS) is 11.1. The summed E-state index contributed by atoms with van der Waals surface area (Å²) in [7, 11) is -4.09. The number of sulfonamides is 1. The summed E-state index contributed by atoms with van der Waals surface area (Å²) in [4.78, 5) is 21.5. The predicted molar refractivity (Wildman–Crippen MR) is 101 cm³/mol. The quantitative estimate of drug-likeness (QED) is 0.699. The van der Waals surface area contributed by atoms with Crippen molar-refractivity contribution in [3.8, 4) is 10.6 Å². The lowest BCUT2D eigenvalue weighted by Crippen LogP contribution is -2.21. The average molecular weight is 386 g/mol. The molecule has 26 heavy (non-hydrogen) atoms. The van der Waals surface area contributed by atoms with Gasteiger partial charge in [-0.05, 0) is 35.2 Å². The van der Waals surface area contributed by atoms with E-state index in [4.69, 9.17) is 5.14 Å². The number of carbonyl (C=O) groups is 1. The highest BCUT2D eigenvalue weighted by Crippen LogP contribution is 2.23. The minimum Gasteiger partial charge on any atom is -0.290 e. The Morgan fingerprint density at radius 2 is 2.08 bits per heavy atom. The van der Waals surface area contributed by atoms with E-state index < -0.39 is 15.9 Å². The van der Waals surface area contributed by atoms with E-state index in [1.54, 1.807) is 12.1 Å². The molecule has 132 valence electrons. The van der Waals surface area contributed by atoms with Crippen molar-refractivity contribution in [1.82, 2.24) is 9.97 Å². The van der Waals surface area contributed by atoms with Crippen LogP contribution < -0.4 is 10.5 Å². The molecule has 7 nitrogen and oxygen atoms in total. The number of amides is 1. The lowest BCUT2D eigenvalue weighted by atomic mass is 10.1. The summed E-state index contributed by atoms with van der Waals surface area (Å²) in [6, 6.07) is 9.73. The van der Waals surface area contributed by atoms with E-state index in [9.17, 15) is 13.2 Å². The maximum atomic E-state index is 12.5. The summed E-state index contributed by atoms with van der Waals surface area (Å²) in [6.07, 6.45) is 2.98. The molecule has 0 saturated carbocycles. The number of benzene rings is 1. The van der Waals surface area contributed by atoms with Crippen molar-refractivity contribution < 1.29 is 13.2 Å². The second kappa shape index (κ2) is 7.16. The molecule has 2 aromatic heterocycles. The molecule has 3 N–H and O–H groups in total. The molecule has 0 aliphatic heterocycles. The predicted octanol–water partition coefficient (Wildman–Crippen LogP) is 2.75. The number of aromatic nitrogens is 2. The molecule has 0 atom stereocenters. The number of primary sulfonamides is 1. The molecule has 3 aromatic rings. The number of nitrogens with two attached hydrogens (primary N) is 1. The van der Waals surface area contributed by atoms with Crippen molar-refractivity contribution in [3.63, 3.8) is 0 Å². The topological polar surface area (TPSA) is 115 Å². The van der Waals surface area contributed by atoms with Gasteiger partial charge in [0.1, 0.15) is 0 Å². The molecule has 0 radical (unpaired) electrons. The van der Waals surface area contributed by atoms with Crippen LogP contribution in [0.5, 0.6) is 0 Å². The van der Waals surface area contributed by atoms with Gasteiger partial charge in [0.15, 0.2) is 0 Å². The molecule has 0 unspecified atom stereocenters. The van der Waals surface area contributed by atoms with Crippen LogP contribution in [0.3, 0.4) is 0 Å². The number of nitrogens with one attached hydrogen (secondary N) is 1. The van der Waals surface area contributed by atoms with Crippen LogP contribution >= 0.6 is 11.3 Å². The van der Waals surface area contributed by atoms with Gasteiger partial charge < -0.3 is 0 Å². The summed E-state index contributed by atoms with van der Waals surface area (Å²) < 4.78 is 23.6. The minimum atomic E-state index is -4.09. The van der Waals surface area contributed by atoms with Crippen LogP contribution in [0, 0.1) is 0 Å². The molecule has 0 bridgehead atoms. The maximum Gasteiger partial charge on any atom is 0.259 e. The number of nitrogens with zero attached hydrogens (tertiary/aromatic N) is 2. The van der Waals surface area contributed by atoms with E-state index in [-0.39, 0.29) is 16.4 Å². The third-order valence-electron chi connectivity index (χ3n) is 3.45. The summed E-state index contributed by atoms with van der Waals surface area (Å²) in [5.74, 6) is -0.609. The number of carbonyl (C=O) groups excluding carboxylic acids is 1. The molecule has 0 saturated heterocycles. The van der Waals surface area contributed by atoms with E-state index in [2.05, 4.69) is 21.9 Å². The van der Waals surface area contributed by atoms with Gasteiger partial charge in [0.2, 0.25) is 16.0 Å². The molecule has 0 aliphatic rings. The number of thiophene rings is 1. The summed E-state index contributed by atoms with van der Waals surface area (Å²) in [5.41, 5.74) is 1.09. The smallest absolute Gasteiger partial charge is 0.259 e. The second-order valence-electron chi connectivity index (χ2n) is 5.20. The van der Waals surface area contributed by atoms with Gasteiger partial charge in [0, 0.05) is 6.20 Å². The van der Waals surface area contributed by atoms with Gasteiger partial charge in [-0.25, -0.2) is 23.5 Å². The van der Waals surface area contributed by atoms with Gasteiger partial charge in [-0.15, -0.1) is 11.3 Å². The Bertz CT molecular complexity index is 1080. The standard InChI is InChI=1S/C17H14N4O3S2/c1-2-11-5-6-12(15(10-11)26(18,23)24)16(22)21-17-19-8-7-13(20-17)14-4-3-9-25-14/h2-10H,1H2,(H2,18,23,24)(H,19,20,21,22). The second-order valence-corrected chi connectivity index (χ2v) is 7.68. The van der Waals surface area contributed by atoms with Crippen LogP contribution in [0.15, 0.2) is 59.4 Å². The van der Waals surface area contributed by atoms with Crippen molar-refractivity contribution in [2.75, 3.05) is 5.32 Å². The fourth-order valence-electron chi connectivity index (χ4n) is 2.24. The SMILES string of the molecule is C=Cc1ccc(C(=O)Nc2nccc(-c3cccs3)n2)c(S(N)(=O)=O)c1. The Hall–Kier alpha value is -2.88. The third-order valence-corrected chi connectivity index (χ3v) is 5.29. The van der Waals surface area contributed by atoms with Gasteiger partial charge >= 0.3 is 0 Å². The van der Waals surface area contributed by atoms with E-state index in [0.717, 1.165) is 4.88 Å². The molecular formula is C17H14N4O3S2. The number of rotatable bonds is 5. The van der Waals surface area contributed by atoms with Crippen LogP contribution in [0.25, 0.3) is 16.6 Å². The van der Waals surface area contributed by atoms with Crippen molar-refractivity contribution in [3.05, 3.63) is 65.7 Å². The van der Waals surface area contributed by atoms with Gasteiger partial charge in [0.05, 0.1) is 21.0 Å². The number of hydrogen-bond donors (Lipinski definition) is 2. The first-order chi connectivity index (χ1) is 12.4. The van der Waals surface area contributed by atoms with Gasteiger partial charge in [-0.2, -0.15) is 0 Å². The van der Waals surface area contributed by atoms with Gasteiger partial charge in [0.25, 0.3) is 5.91 Å². The van der Waals surface area contributed by atoms with E-state index in [0.29, 0.717) is 11.3 Å². The molecule has 0 aliphatic carbocycles. The Morgan fingerprint density at radius 3 is 2.73 bits per heavy atom. The lowest BCUT2D eigenvalue weighted by molar-refractivity contribution is 0.102. The van der Waals surface area contributed by atoms with Crippen molar-refractivity contribution in [2.24, 2.45) is 5.14 Å². The number of anilines is 1. The molecular weight excluding hydrogens is 372 g/mol. The summed E-state index contributed by atoms with van der Waals surface area (Å²) in [6.45, 7) is 3.58. The van der Waals surface area contributed by atoms with E-state index in [1.807, 2.05) is 17.5 Å². The summed E-state index contributed by atoms with van der Waals surface area (Å²) >= 11 is 1.50. The first-order valence-electron chi connectivity index (χ1n) is 7.36. The summed E-state index contributed by atoms with van der Waals surface area (Å²) in [5, 5.41) is 9.65. The van der Waals surface area contributed by atoms with Crippen LogP contribution in [-0.4, -0.2) is 24.3 Å². The Kier molecular flexibility index (Phi) is 4.94. The highest BCUT2D eigenvalue weighted by Gasteiger charge is 2.20. The molecule has 9 heteroatoms. The third kappa shape index (κ3) is 3.85. The van der Waals surface area contributed by atoms with Crippen LogP contribution in [0.1, 0.15) is 15.9 Å². The fourth-order valence-corrected chi connectivity index (χ4v) is 3.70. The molecule has 0 spiro atoms. The minimum absolute atomic E-state index is 0.0640. The largest absolute Gasteiger partial charge is 0.290 e. The zero-order valence-electron chi connectivity index (χ0n) is 13.4. The average Bonchev–Trinajstić information content (AvgIpc) is 3.15. The number of hydrogen-bond acceptors (Lipinski definition) is 6. The van der Waals surface area contributed by atoms with Crippen LogP contribution in [-0.2, 0) is 10.0 Å². The highest BCUT2D eigenvalue weighted by molar-refractivity contribution is 7.89. The van der Waals surface area contributed by atoms with Crippen LogP contribution in [0.2, 0.25) is 0 Å². The van der Waals surface area contributed by atoms with E-state index in [1.165, 1.54) is 35.7 Å². The van der Waals surface area contributed by atoms with Gasteiger partial charge in [-0.3, -0.25) is 10.1 Å². The Balaban J connectivity index is 1.94. The maximum absolute atomic E-state index is 12.5. The molecule has 1 amide bonds. The molecule has 1 aromatic carbocycles. The first kappa shape index (κ1) is 17.9. The van der Waals surface area contributed by atoms with Crippen molar-refractivity contribution in [1.29, 1.82) is 0 Å². The molecule has 0 fully saturated rings. The van der Waals surface area contributed by atoms with Crippen molar-refractivity contribution in [2.45, 2.75) is 4.90 Å². The molecule has 3 rings (SSSR count). The van der Waals surface area contributed by atoms with Gasteiger partial charge in [-0.1, -0.05) is 24.8 Å². The zero-order chi connectivity index (χ0) is 18.7. The van der Waals surface area contributed by atoms with Crippen molar-refractivity contribution >= 4 is 39.3 Å². The Labute approximate surface area is 154 Å². The fraction of sp³-hybridized carbons (Fsp3) is 0. The van der Waals surface area contributed by atoms with E-state index >= 15 is 0 Å². The zero-order valence-corrected chi connectivity index (χ0v) is 15.0. The lowest BCUT2D eigenvalue weighted by Gasteiger charge is -2.09.